The van der Waals surface area contributed by atoms with E-state index in [1.807, 2.05) is 19.1 Å². The molecule has 0 aliphatic rings. The van der Waals surface area contributed by atoms with E-state index in [0.29, 0.717) is 5.02 Å². The van der Waals surface area contributed by atoms with E-state index in [-0.39, 0.29) is 12.1 Å². The molecule has 2 aromatic rings. The molecule has 0 aliphatic heterocycles. The van der Waals surface area contributed by atoms with Crippen molar-refractivity contribution < 1.29 is 9.50 Å². The number of hydrogen-bond donors (Lipinski definition) is 2. The van der Waals surface area contributed by atoms with Crippen LogP contribution in [0, 0.1) is 12.7 Å². The summed E-state index contributed by atoms with van der Waals surface area (Å²) in [6.07, 6.45) is -0.849. The lowest BCUT2D eigenvalue weighted by Crippen LogP contribution is -2.21. The molecule has 0 fully saturated rings. The van der Waals surface area contributed by atoms with Crippen molar-refractivity contribution in [3.05, 3.63) is 56.5 Å². The van der Waals surface area contributed by atoms with Crippen molar-refractivity contribution in [3.8, 4) is 0 Å². The predicted molar refractivity (Wildman–Crippen MR) is 77.2 cm³/mol. The standard InChI is InChI=1S/C14H15ClFNOS/c1-8-5-6-12(19-8)14(18)9(7-17)13-10(15)3-2-4-11(13)16/h2-6,9,14,18H,7,17H2,1H3. The molecule has 0 saturated carbocycles. The summed E-state index contributed by atoms with van der Waals surface area (Å²) in [5, 5.41) is 10.7. The van der Waals surface area contributed by atoms with Crippen molar-refractivity contribution >= 4 is 22.9 Å². The number of aryl methyl sites for hydroxylation is 1. The maximum atomic E-state index is 13.9. The average Bonchev–Trinajstić information content (AvgIpc) is 2.80. The van der Waals surface area contributed by atoms with Gasteiger partial charge in [-0.15, -0.1) is 11.3 Å². The molecule has 0 radical (unpaired) electrons. The van der Waals surface area contributed by atoms with Crippen LogP contribution in [0.15, 0.2) is 30.3 Å². The van der Waals surface area contributed by atoms with Crippen LogP contribution in [0.4, 0.5) is 4.39 Å². The Hall–Kier alpha value is -0.940. The van der Waals surface area contributed by atoms with Gasteiger partial charge in [0.05, 0.1) is 6.10 Å². The van der Waals surface area contributed by atoms with E-state index in [9.17, 15) is 9.50 Å². The van der Waals surface area contributed by atoms with Crippen LogP contribution in [0.1, 0.15) is 27.3 Å². The minimum atomic E-state index is -0.849. The normalized spacial score (nSPS) is 14.4. The quantitative estimate of drug-likeness (QED) is 0.905. The van der Waals surface area contributed by atoms with Gasteiger partial charge in [0.15, 0.2) is 0 Å². The molecule has 19 heavy (non-hydrogen) atoms. The number of rotatable bonds is 4. The van der Waals surface area contributed by atoms with Crippen LogP contribution < -0.4 is 5.73 Å². The van der Waals surface area contributed by atoms with Gasteiger partial charge >= 0.3 is 0 Å². The fraction of sp³-hybridized carbons (Fsp3) is 0.286. The first kappa shape index (κ1) is 14.5. The third-order valence-corrected chi connectivity index (χ3v) is 4.46. The number of thiophene rings is 1. The fourth-order valence-electron chi connectivity index (χ4n) is 2.08. The fourth-order valence-corrected chi connectivity index (χ4v) is 3.31. The number of aliphatic hydroxyl groups excluding tert-OH is 1. The minimum absolute atomic E-state index is 0.124. The monoisotopic (exact) mass is 299 g/mol. The molecule has 0 spiro atoms. The van der Waals surface area contributed by atoms with Gasteiger partial charge < -0.3 is 10.8 Å². The highest BCUT2D eigenvalue weighted by Crippen LogP contribution is 2.37. The second kappa shape index (κ2) is 6.01. The average molecular weight is 300 g/mol. The van der Waals surface area contributed by atoms with Gasteiger partial charge in [-0.05, 0) is 31.2 Å². The van der Waals surface area contributed by atoms with Gasteiger partial charge in [-0.25, -0.2) is 4.39 Å². The molecular formula is C14H15ClFNOS. The van der Waals surface area contributed by atoms with Crippen molar-refractivity contribution in [2.45, 2.75) is 18.9 Å². The number of benzene rings is 1. The first-order chi connectivity index (χ1) is 9.04. The third kappa shape index (κ3) is 2.98. The summed E-state index contributed by atoms with van der Waals surface area (Å²) in [4.78, 5) is 1.86. The van der Waals surface area contributed by atoms with Crippen LogP contribution >= 0.6 is 22.9 Å². The Kier molecular flexibility index (Phi) is 4.58. The Morgan fingerprint density at radius 1 is 1.37 bits per heavy atom. The van der Waals surface area contributed by atoms with Gasteiger partial charge in [0.1, 0.15) is 5.82 Å². The third-order valence-electron chi connectivity index (χ3n) is 3.06. The topological polar surface area (TPSA) is 46.2 Å². The molecule has 102 valence electrons. The molecular weight excluding hydrogens is 285 g/mol. The summed E-state index contributed by atoms with van der Waals surface area (Å²) in [7, 11) is 0. The Morgan fingerprint density at radius 3 is 2.63 bits per heavy atom. The summed E-state index contributed by atoms with van der Waals surface area (Å²) >= 11 is 7.51. The van der Waals surface area contributed by atoms with E-state index in [1.54, 1.807) is 6.07 Å². The molecule has 3 N–H and O–H groups in total. The molecule has 1 heterocycles. The highest BCUT2D eigenvalue weighted by atomic mass is 35.5. The molecule has 2 unspecified atom stereocenters. The van der Waals surface area contributed by atoms with Crippen molar-refractivity contribution in [2.24, 2.45) is 5.73 Å². The predicted octanol–water partition coefficient (Wildman–Crippen LogP) is 3.62. The first-order valence-corrected chi connectivity index (χ1v) is 7.12. The highest BCUT2D eigenvalue weighted by molar-refractivity contribution is 7.12. The maximum absolute atomic E-state index is 13.9. The molecule has 2 nitrogen and oxygen atoms in total. The summed E-state index contributed by atoms with van der Waals surface area (Å²) in [5.41, 5.74) is 5.99. The van der Waals surface area contributed by atoms with Gasteiger partial charge in [0.25, 0.3) is 0 Å². The Balaban J connectivity index is 2.39. The molecule has 5 heteroatoms. The van der Waals surface area contributed by atoms with E-state index in [4.69, 9.17) is 17.3 Å². The van der Waals surface area contributed by atoms with Crippen LogP contribution in [-0.2, 0) is 0 Å². The molecule has 0 amide bonds. The highest BCUT2D eigenvalue weighted by Gasteiger charge is 2.27. The number of aliphatic hydroxyl groups is 1. The molecule has 1 aromatic carbocycles. The second-order valence-electron chi connectivity index (χ2n) is 4.37. The zero-order chi connectivity index (χ0) is 14.0. The lowest BCUT2D eigenvalue weighted by molar-refractivity contribution is 0.149. The van der Waals surface area contributed by atoms with Crippen molar-refractivity contribution in [3.63, 3.8) is 0 Å². The Morgan fingerprint density at radius 2 is 2.11 bits per heavy atom. The van der Waals surface area contributed by atoms with Crippen LogP contribution in [0.2, 0.25) is 5.02 Å². The lowest BCUT2D eigenvalue weighted by atomic mass is 9.92. The van der Waals surface area contributed by atoms with E-state index >= 15 is 0 Å². The number of hydrogen-bond acceptors (Lipinski definition) is 3. The molecule has 1 aromatic heterocycles. The van der Waals surface area contributed by atoms with Crippen LogP contribution in [-0.4, -0.2) is 11.7 Å². The summed E-state index contributed by atoms with van der Waals surface area (Å²) in [5.74, 6) is -0.984. The van der Waals surface area contributed by atoms with Crippen molar-refractivity contribution in [1.29, 1.82) is 0 Å². The van der Waals surface area contributed by atoms with Crippen molar-refractivity contribution in [1.82, 2.24) is 0 Å². The SMILES string of the molecule is Cc1ccc(C(O)C(CN)c2c(F)cccc2Cl)s1. The maximum Gasteiger partial charge on any atom is 0.128 e. The van der Waals surface area contributed by atoms with E-state index < -0.39 is 17.8 Å². The Bertz CT molecular complexity index is 552. The lowest BCUT2D eigenvalue weighted by Gasteiger charge is -2.22. The van der Waals surface area contributed by atoms with Crippen molar-refractivity contribution in [2.75, 3.05) is 6.54 Å². The summed E-state index contributed by atoms with van der Waals surface area (Å²) in [6.45, 7) is 2.08. The molecule has 0 saturated heterocycles. The number of nitrogens with two attached hydrogens (primary N) is 1. The summed E-state index contributed by atoms with van der Waals surface area (Å²) < 4.78 is 13.9. The van der Waals surface area contributed by atoms with Gasteiger partial charge in [-0.3, -0.25) is 0 Å². The number of halogens is 2. The summed E-state index contributed by atoms with van der Waals surface area (Å²) in [6, 6.07) is 8.23. The van der Waals surface area contributed by atoms with Gasteiger partial charge in [-0.1, -0.05) is 17.7 Å². The van der Waals surface area contributed by atoms with Gasteiger partial charge in [0.2, 0.25) is 0 Å². The Labute approximate surface area is 120 Å². The van der Waals surface area contributed by atoms with Crippen LogP contribution in [0.5, 0.6) is 0 Å². The first-order valence-electron chi connectivity index (χ1n) is 5.93. The van der Waals surface area contributed by atoms with Crippen LogP contribution in [0.25, 0.3) is 0 Å². The van der Waals surface area contributed by atoms with E-state index in [0.717, 1.165) is 9.75 Å². The van der Waals surface area contributed by atoms with Crippen LogP contribution in [0.3, 0.4) is 0 Å². The largest absolute Gasteiger partial charge is 0.387 e. The zero-order valence-corrected chi connectivity index (χ0v) is 12.0. The molecule has 0 aliphatic carbocycles. The molecule has 2 rings (SSSR count). The van der Waals surface area contributed by atoms with Gasteiger partial charge in [0, 0.05) is 32.8 Å². The smallest absolute Gasteiger partial charge is 0.128 e. The second-order valence-corrected chi connectivity index (χ2v) is 6.10. The molecule has 2 atom stereocenters. The van der Waals surface area contributed by atoms with Gasteiger partial charge in [-0.2, -0.15) is 0 Å². The zero-order valence-electron chi connectivity index (χ0n) is 10.4. The minimum Gasteiger partial charge on any atom is -0.387 e. The molecule has 0 bridgehead atoms. The van der Waals surface area contributed by atoms with E-state index in [2.05, 4.69) is 0 Å². The van der Waals surface area contributed by atoms with E-state index in [1.165, 1.54) is 23.5 Å².